The van der Waals surface area contributed by atoms with Crippen LogP contribution in [0.2, 0.25) is 0 Å². The van der Waals surface area contributed by atoms with Crippen molar-refractivity contribution in [2.75, 3.05) is 18.6 Å². The molecule has 1 aliphatic rings. The maximum Gasteiger partial charge on any atom is 0.336 e. The van der Waals surface area contributed by atoms with Crippen LogP contribution in [0, 0.1) is 3.57 Å². The van der Waals surface area contributed by atoms with E-state index in [1.165, 1.54) is 19.3 Å². The third-order valence-electron chi connectivity index (χ3n) is 4.09. The molecule has 2 aromatic rings. The number of nitrogens with one attached hydrogen (secondary N) is 1. The van der Waals surface area contributed by atoms with Crippen molar-refractivity contribution >= 4 is 52.2 Å². The maximum atomic E-state index is 13.1. The summed E-state index contributed by atoms with van der Waals surface area (Å²) in [5, 5.41) is 12.1. The monoisotopic (exact) mass is 508 g/mol. The minimum atomic E-state index is -0.859. The molecule has 1 saturated heterocycles. The Balaban J connectivity index is 2.07. The Labute approximate surface area is 180 Å². The summed E-state index contributed by atoms with van der Waals surface area (Å²) in [5.74, 6) is -1.10. The molecule has 9 heteroatoms. The van der Waals surface area contributed by atoms with Crippen LogP contribution >= 0.6 is 22.6 Å². The molecule has 0 aromatic heterocycles. The van der Waals surface area contributed by atoms with Gasteiger partial charge in [-0.15, -0.1) is 0 Å². The number of carbonyl (C=O) groups is 3. The number of benzene rings is 2. The van der Waals surface area contributed by atoms with Gasteiger partial charge in [0, 0.05) is 0 Å². The second-order valence-electron chi connectivity index (χ2n) is 5.91. The van der Waals surface area contributed by atoms with E-state index < -0.39 is 17.8 Å². The molecule has 8 nitrogen and oxygen atoms in total. The number of halogens is 1. The number of urea groups is 1. The number of methoxy groups -OCH3 is 1. The lowest BCUT2D eigenvalue weighted by molar-refractivity contribution is -0.122. The van der Waals surface area contributed by atoms with Crippen molar-refractivity contribution < 1.29 is 29.0 Å². The van der Waals surface area contributed by atoms with Gasteiger partial charge in [-0.2, -0.15) is 0 Å². The molecule has 3 rings (SSSR count). The van der Waals surface area contributed by atoms with Gasteiger partial charge in [-0.25, -0.2) is 9.69 Å². The zero-order valence-corrected chi connectivity index (χ0v) is 17.7. The number of hydrogen-bond acceptors (Lipinski definition) is 6. The summed E-state index contributed by atoms with van der Waals surface area (Å²) in [6, 6.07) is 8.77. The Kier molecular flexibility index (Phi) is 6.06. The van der Waals surface area contributed by atoms with Gasteiger partial charge in [0.1, 0.15) is 11.3 Å². The first-order chi connectivity index (χ1) is 13.9. The highest BCUT2D eigenvalue weighted by atomic mass is 127. The molecule has 2 N–H and O–H groups in total. The van der Waals surface area contributed by atoms with Crippen LogP contribution in [0.25, 0.3) is 6.08 Å². The molecule has 0 unspecified atom stereocenters. The number of aromatic hydroxyl groups is 1. The van der Waals surface area contributed by atoms with Gasteiger partial charge in [-0.1, -0.05) is 12.1 Å². The summed E-state index contributed by atoms with van der Waals surface area (Å²) in [5.41, 5.74) is 0.447. The Morgan fingerprint density at radius 1 is 1.17 bits per heavy atom. The highest BCUT2D eigenvalue weighted by molar-refractivity contribution is 14.1. The minimum Gasteiger partial charge on any atom is -0.504 e. The van der Waals surface area contributed by atoms with Crippen LogP contribution < -0.4 is 19.7 Å². The SMILES string of the molecule is CCOc1ccccc1N1C(=O)NC(=O)/C(=C\c2cc(I)c(O)c(OC)c2)C1=O. The normalized spacial score (nSPS) is 15.5. The smallest absolute Gasteiger partial charge is 0.336 e. The minimum absolute atomic E-state index is 0.0443. The average Bonchev–Trinajstić information content (AvgIpc) is 2.69. The number of anilines is 1. The summed E-state index contributed by atoms with van der Waals surface area (Å²) in [6.07, 6.45) is 1.34. The summed E-state index contributed by atoms with van der Waals surface area (Å²) in [7, 11) is 1.39. The molecule has 0 bridgehead atoms. The molecule has 4 amide bonds. The Morgan fingerprint density at radius 3 is 2.59 bits per heavy atom. The van der Waals surface area contributed by atoms with Crippen LogP contribution in [-0.4, -0.2) is 36.7 Å². The van der Waals surface area contributed by atoms with Gasteiger partial charge in [-0.3, -0.25) is 14.9 Å². The second-order valence-corrected chi connectivity index (χ2v) is 7.07. The van der Waals surface area contributed by atoms with E-state index in [0.29, 0.717) is 21.5 Å². The fourth-order valence-corrected chi connectivity index (χ4v) is 3.42. The fraction of sp³-hybridized carbons (Fsp3) is 0.150. The molecular formula is C20H17IN2O6. The molecular weight excluding hydrogens is 491 g/mol. The van der Waals surface area contributed by atoms with Crippen LogP contribution in [0.5, 0.6) is 17.2 Å². The fourth-order valence-electron chi connectivity index (χ4n) is 2.80. The van der Waals surface area contributed by atoms with Crippen LogP contribution in [0.15, 0.2) is 42.0 Å². The number of ether oxygens (including phenoxy) is 2. The number of nitrogens with zero attached hydrogens (tertiary/aromatic N) is 1. The highest BCUT2D eigenvalue weighted by Crippen LogP contribution is 2.34. The lowest BCUT2D eigenvalue weighted by Gasteiger charge is -2.27. The largest absolute Gasteiger partial charge is 0.504 e. The number of barbiturate groups is 1. The molecule has 1 aliphatic heterocycles. The van der Waals surface area contributed by atoms with Crippen molar-refractivity contribution in [3.63, 3.8) is 0 Å². The van der Waals surface area contributed by atoms with Gasteiger partial charge in [0.15, 0.2) is 11.5 Å². The maximum absolute atomic E-state index is 13.1. The van der Waals surface area contributed by atoms with Crippen molar-refractivity contribution in [3.05, 3.63) is 51.1 Å². The molecule has 1 fully saturated rings. The summed E-state index contributed by atoms with van der Waals surface area (Å²) in [4.78, 5) is 38.7. The van der Waals surface area contributed by atoms with Gasteiger partial charge in [-0.05, 0) is 65.4 Å². The molecule has 1 heterocycles. The topological polar surface area (TPSA) is 105 Å². The number of carbonyl (C=O) groups excluding carboxylic acids is 3. The van der Waals surface area contributed by atoms with Crippen molar-refractivity contribution in [3.8, 4) is 17.2 Å². The van der Waals surface area contributed by atoms with Crippen LogP contribution in [0.1, 0.15) is 12.5 Å². The first-order valence-corrected chi connectivity index (χ1v) is 9.65. The molecule has 0 saturated carbocycles. The van der Waals surface area contributed by atoms with Crippen LogP contribution in [0.3, 0.4) is 0 Å². The quantitative estimate of drug-likeness (QED) is 0.366. The van der Waals surface area contributed by atoms with E-state index in [4.69, 9.17) is 9.47 Å². The van der Waals surface area contributed by atoms with Gasteiger partial charge in [0.05, 0.1) is 23.0 Å². The summed E-state index contributed by atoms with van der Waals surface area (Å²) < 4.78 is 11.1. The van der Waals surface area contributed by atoms with E-state index in [0.717, 1.165) is 4.90 Å². The molecule has 150 valence electrons. The lowest BCUT2D eigenvalue weighted by Crippen LogP contribution is -2.54. The van der Waals surface area contributed by atoms with Crippen molar-refractivity contribution in [2.24, 2.45) is 0 Å². The molecule has 0 spiro atoms. The molecule has 0 atom stereocenters. The summed E-state index contributed by atoms with van der Waals surface area (Å²) in [6.45, 7) is 2.12. The number of rotatable bonds is 5. The Hall–Kier alpha value is -3.08. The van der Waals surface area contributed by atoms with E-state index in [9.17, 15) is 19.5 Å². The third kappa shape index (κ3) is 4.04. The van der Waals surface area contributed by atoms with Crippen molar-refractivity contribution in [1.29, 1.82) is 0 Å². The Morgan fingerprint density at radius 2 is 1.90 bits per heavy atom. The zero-order chi connectivity index (χ0) is 21.1. The average molecular weight is 508 g/mol. The predicted octanol–water partition coefficient (Wildman–Crippen LogP) is 3.07. The Bertz CT molecular complexity index is 1030. The van der Waals surface area contributed by atoms with Gasteiger partial charge in [0.2, 0.25) is 0 Å². The zero-order valence-electron chi connectivity index (χ0n) is 15.6. The number of para-hydroxylation sites is 2. The van der Waals surface area contributed by atoms with Gasteiger partial charge < -0.3 is 14.6 Å². The van der Waals surface area contributed by atoms with Crippen molar-refractivity contribution in [2.45, 2.75) is 6.92 Å². The van der Waals surface area contributed by atoms with E-state index in [2.05, 4.69) is 5.32 Å². The number of hydrogen-bond donors (Lipinski definition) is 2. The van der Waals surface area contributed by atoms with E-state index in [1.54, 1.807) is 37.3 Å². The molecule has 2 aromatic carbocycles. The first kappa shape index (κ1) is 20.6. The highest BCUT2D eigenvalue weighted by Gasteiger charge is 2.38. The molecule has 0 aliphatic carbocycles. The second kappa shape index (κ2) is 8.52. The van der Waals surface area contributed by atoms with Gasteiger partial charge >= 0.3 is 6.03 Å². The van der Waals surface area contributed by atoms with Gasteiger partial charge in [0.25, 0.3) is 11.8 Å². The van der Waals surface area contributed by atoms with E-state index in [-0.39, 0.29) is 22.8 Å². The number of imide groups is 2. The number of phenols is 1. The summed E-state index contributed by atoms with van der Waals surface area (Å²) >= 11 is 1.91. The number of phenolic OH excluding ortho intramolecular Hbond substituents is 1. The van der Waals surface area contributed by atoms with Crippen LogP contribution in [-0.2, 0) is 9.59 Å². The van der Waals surface area contributed by atoms with Crippen LogP contribution in [0.4, 0.5) is 10.5 Å². The molecule has 29 heavy (non-hydrogen) atoms. The van der Waals surface area contributed by atoms with E-state index >= 15 is 0 Å². The van der Waals surface area contributed by atoms with E-state index in [1.807, 2.05) is 22.6 Å². The third-order valence-corrected chi connectivity index (χ3v) is 4.91. The lowest BCUT2D eigenvalue weighted by atomic mass is 10.1. The molecule has 0 radical (unpaired) electrons. The predicted molar refractivity (Wildman–Crippen MR) is 114 cm³/mol. The standard InChI is InChI=1S/C20H17IN2O6/c1-3-29-15-7-5-4-6-14(15)23-19(26)12(18(25)22-20(23)27)8-11-9-13(21)17(24)16(10-11)28-2/h4-10,24H,3H2,1-2H3,(H,22,25,27)/b12-8+. The first-order valence-electron chi connectivity index (χ1n) is 8.57. The van der Waals surface area contributed by atoms with Crippen molar-refractivity contribution in [1.82, 2.24) is 5.32 Å². The number of amides is 4.